The number of hydrogen-bond acceptors (Lipinski definition) is 0. The fraction of sp³-hybridized carbons (Fsp3) is 0.413. The van der Waals surface area contributed by atoms with E-state index in [0.717, 1.165) is 35.8 Å². The molecule has 534 valence electrons. The minimum atomic E-state index is -1.78. The van der Waals surface area contributed by atoms with Gasteiger partial charge in [-0.15, -0.1) is 57.5 Å². The van der Waals surface area contributed by atoms with Gasteiger partial charge in [0.2, 0.25) is 20.8 Å². The Balaban J connectivity index is -0.000000511. The van der Waals surface area contributed by atoms with Gasteiger partial charge < -0.3 is 29.7 Å². The standard InChI is InChI=1S/2C18H15P.2C9H18Cl2Si.2C8H14.CH4Cl2Si.4CH3.6ClH.Pt.2Zr/c2*1-4-10-16(11-5-1)19(17-12-6-2-7-13-17)18-14-8-3-9-15-18;2*1-12(10,11)8-4-7-9-5-2-3-6-9;2*1-2-5-8-6-3-4-7-8;1-4(2)3;;;;;;;;;;;;;/h2*1-15H;2*9H,2-8H2,1H3;2*2,8H,1,3-7H2;4H,1H3;4*1H3;6*1H;;;/q;;;;;;;4*-1;;;;;;;+2;2*+4/p-6. The second kappa shape index (κ2) is 69.3. The van der Waals surface area contributed by atoms with Gasteiger partial charge in [0.05, 0.1) is 0 Å². The molecule has 0 nitrogen and oxygen atoms in total. The monoisotopic (exact) mass is 1950 g/mol. The molecule has 0 aromatic heterocycles. The maximum Gasteiger partial charge on any atom is -0.0134 e. The summed E-state index contributed by atoms with van der Waals surface area (Å²) < 4.78 is 0. The summed E-state index contributed by atoms with van der Waals surface area (Å²) in [7, 11) is 27.4. The minimum Gasteiger partial charge on any atom is -0.0622 e. The van der Waals surface area contributed by atoms with Crippen LogP contribution in [0.25, 0.3) is 0 Å². The van der Waals surface area contributed by atoms with Gasteiger partial charge in [0.1, 0.15) is 0 Å². The van der Waals surface area contributed by atoms with Crippen LogP contribution in [0.3, 0.4) is 0 Å². The Bertz CT molecular complexity index is 2190. The Labute approximate surface area is 670 Å². The van der Waals surface area contributed by atoms with Gasteiger partial charge >= 0.3 is 111 Å². The average Bonchev–Trinajstić information content (AvgIpc) is 1.45. The van der Waals surface area contributed by atoms with E-state index >= 15 is 0 Å². The molecule has 0 bridgehead atoms. The summed E-state index contributed by atoms with van der Waals surface area (Å²) in [4.78, 5) is 0. The van der Waals surface area contributed by atoms with Crippen LogP contribution < -0.4 is 31.8 Å². The summed E-state index contributed by atoms with van der Waals surface area (Å²) in [5, 5.41) is 8.39. The van der Waals surface area contributed by atoms with Gasteiger partial charge in [-0.3, -0.25) is 0 Å². The number of halogens is 12. The number of rotatable bonds is 18. The molecule has 6 aromatic carbocycles. The number of hydrogen-bond donors (Lipinski definition) is 0. The van der Waals surface area contributed by atoms with Gasteiger partial charge in [0.15, 0.2) is 0 Å². The molecule has 4 aliphatic rings. The molecule has 0 N–H and O–H groups in total. The Morgan fingerprint density at radius 3 is 0.705 bits per heavy atom. The van der Waals surface area contributed by atoms with Gasteiger partial charge in [-0.2, -0.15) is 22.2 Å². The Morgan fingerprint density at radius 1 is 0.400 bits per heavy atom. The van der Waals surface area contributed by atoms with Crippen LogP contribution in [-0.2, 0) is 58.2 Å². The quantitative estimate of drug-likeness (QED) is 0.0265. The molecule has 4 fully saturated rings. The molecule has 0 aliphatic heterocycles. The zero-order valence-corrected chi connectivity index (χ0v) is 78.7. The topological polar surface area (TPSA) is 0 Å². The summed E-state index contributed by atoms with van der Waals surface area (Å²) in [6.07, 6.45) is 35.0. The van der Waals surface area contributed by atoms with Crippen molar-refractivity contribution in [3.05, 3.63) is 237 Å². The van der Waals surface area contributed by atoms with Crippen molar-refractivity contribution >= 4 is 188 Å². The molecule has 95 heavy (non-hydrogen) atoms. The van der Waals surface area contributed by atoms with Crippen molar-refractivity contribution in [1.29, 1.82) is 0 Å². The minimum absolute atomic E-state index is 0. The van der Waals surface area contributed by atoms with E-state index in [1.165, 1.54) is 173 Å². The third-order valence-electron chi connectivity index (χ3n) is 15.4. The zero-order chi connectivity index (χ0) is 67.2. The van der Waals surface area contributed by atoms with Crippen LogP contribution in [0.15, 0.2) is 207 Å². The summed E-state index contributed by atoms with van der Waals surface area (Å²) in [6, 6.07) is 66.8. The molecule has 4 aliphatic carbocycles. The van der Waals surface area contributed by atoms with Gasteiger partial charge in [-0.25, -0.2) is 0 Å². The maximum atomic E-state index is 6.02. The molecular weight excluding hydrogens is 1850 g/mol. The second-order valence-electron chi connectivity index (χ2n) is 23.0. The first kappa shape index (κ1) is 104. The van der Waals surface area contributed by atoms with Crippen LogP contribution in [0.1, 0.15) is 141 Å². The Kier molecular flexibility index (Phi) is 75.6. The number of benzene rings is 6. The predicted molar refractivity (Wildman–Crippen MR) is 448 cm³/mol. The fourth-order valence-corrected chi connectivity index (χ4v) is 19.2. The third kappa shape index (κ3) is 57.2. The average molecular weight is 1960 g/mol. The van der Waals surface area contributed by atoms with Gasteiger partial charge in [-0.1, -0.05) is 323 Å². The summed E-state index contributed by atoms with van der Waals surface area (Å²) in [5.74, 6) is 3.98. The van der Waals surface area contributed by atoms with Crippen molar-refractivity contribution in [1.82, 2.24) is 0 Å². The molecule has 0 radical (unpaired) electrons. The van der Waals surface area contributed by atoms with Crippen molar-refractivity contribution in [2.45, 2.75) is 173 Å². The molecule has 0 atom stereocenters. The molecule has 10 rings (SSSR count). The van der Waals surface area contributed by atoms with Crippen LogP contribution in [0.4, 0.5) is 0 Å². The molecule has 6 aromatic rings. The van der Waals surface area contributed by atoms with E-state index in [-0.39, 0.29) is 29.7 Å². The first-order valence-corrected chi connectivity index (χ1v) is 66.9. The molecule has 0 heterocycles. The van der Waals surface area contributed by atoms with Crippen LogP contribution in [0.2, 0.25) is 31.7 Å². The van der Waals surface area contributed by atoms with E-state index in [9.17, 15) is 0 Å². The second-order valence-corrected chi connectivity index (χ2v) is 60.2. The summed E-state index contributed by atoms with van der Waals surface area (Å²) >= 11 is 32.3. The first-order valence-electron chi connectivity index (χ1n) is 31.8. The molecule has 4 saturated carbocycles. The van der Waals surface area contributed by atoms with Crippen LogP contribution >= 0.6 is 135 Å². The maximum absolute atomic E-state index is 6.02. The molecule has 0 saturated heterocycles. The SMILES string of the molecule is C=CCC1CCCC1.C=CCC1CCCC1.C[SiH](Cl)Cl.C[Si](Cl)(Cl)CCCC1CCCC1.C[Si](Cl)(Cl)CCCC1CCCC1.[CH3-].[CH3-].[CH3-].[CH3-].[Cl][Pt][Cl].[Cl][Zr+2][Cl].[Cl][Zr+2][Cl].c1ccc(P(c2ccccc2)c2ccccc2)cc1.c1ccc(P(c2ccccc2)c2ccccc2)cc1. The van der Waals surface area contributed by atoms with Gasteiger partial charge in [0, 0.05) is 0 Å². The zero-order valence-electron chi connectivity index (χ0n) is 57.5. The van der Waals surface area contributed by atoms with E-state index in [2.05, 4.69) is 207 Å². The van der Waals surface area contributed by atoms with Crippen LogP contribution in [-0.4, -0.2) is 20.8 Å². The van der Waals surface area contributed by atoms with Gasteiger partial charge in [0.25, 0.3) is 0 Å². The molecule has 0 amide bonds. The van der Waals surface area contributed by atoms with E-state index in [0.29, 0.717) is 0 Å². The molecule has 0 unspecified atom stereocenters. The van der Waals surface area contributed by atoms with E-state index in [1.54, 1.807) is 0 Å². The van der Waals surface area contributed by atoms with Crippen LogP contribution in [0, 0.1) is 53.4 Å². The van der Waals surface area contributed by atoms with E-state index in [4.69, 9.17) is 119 Å². The molecule has 20 heteroatoms. The normalized spacial score (nSPS) is 13.8. The summed E-state index contributed by atoms with van der Waals surface area (Å²) in [5.41, 5.74) is 0. The van der Waals surface area contributed by atoms with E-state index < -0.39 is 94.8 Å². The van der Waals surface area contributed by atoms with Crippen molar-refractivity contribution in [2.75, 3.05) is 0 Å². The first-order chi connectivity index (χ1) is 43.9. The predicted octanol–water partition coefficient (Wildman–Crippen LogP) is 28.7. The molecular formula is C75H110Cl12P2PtSi3Zr2. The van der Waals surface area contributed by atoms with Gasteiger partial charge in [-0.05, 0) is 116 Å². The van der Waals surface area contributed by atoms with E-state index in [1.807, 2.05) is 19.6 Å². The van der Waals surface area contributed by atoms with Crippen LogP contribution in [0.5, 0.6) is 0 Å². The Hall–Kier alpha value is 2.25. The van der Waals surface area contributed by atoms with Crippen molar-refractivity contribution in [3.63, 3.8) is 0 Å². The number of allylic oxidation sites excluding steroid dienone is 2. The third-order valence-corrected chi connectivity index (χ3v) is 25.1. The van der Waals surface area contributed by atoms with Crippen molar-refractivity contribution < 1.29 is 58.2 Å². The van der Waals surface area contributed by atoms with Crippen molar-refractivity contribution in [3.8, 4) is 0 Å². The fourth-order valence-electron chi connectivity index (χ4n) is 11.3. The Morgan fingerprint density at radius 2 is 0.558 bits per heavy atom. The van der Waals surface area contributed by atoms with Crippen molar-refractivity contribution in [2.24, 2.45) is 23.7 Å². The smallest absolute Gasteiger partial charge is 0.0134 e. The summed E-state index contributed by atoms with van der Waals surface area (Å²) in [6.45, 7) is 9.75. The molecule has 0 spiro atoms. The largest absolute Gasteiger partial charge is 0.0622 e.